The lowest BCUT2D eigenvalue weighted by molar-refractivity contribution is -0.395. The number of hydrogen-bond acceptors (Lipinski definition) is 43. The van der Waals surface area contributed by atoms with Gasteiger partial charge < -0.3 is 213 Å². The van der Waals surface area contributed by atoms with Crippen molar-refractivity contribution >= 4 is 0 Å². The molecule has 9 fully saturated rings. The third kappa shape index (κ3) is 17.7. The summed E-state index contributed by atoms with van der Waals surface area (Å²) in [7, 11) is 0. The molecule has 9 rings (SSSR count). The molecule has 104 heavy (non-hydrogen) atoms. The van der Waals surface area contributed by atoms with Gasteiger partial charge in [-0.2, -0.15) is 0 Å². The Morgan fingerprint density at radius 1 is 0.269 bits per heavy atom. The number of ether oxygens (including phenoxy) is 17. The zero-order valence-electron chi connectivity index (χ0n) is 57.0. The first-order valence-electron chi connectivity index (χ1n) is 34.7. The van der Waals surface area contributed by atoms with Crippen LogP contribution in [0.2, 0.25) is 0 Å². The van der Waals surface area contributed by atoms with Crippen molar-refractivity contribution in [2.75, 3.05) is 59.5 Å². The molecule has 25 unspecified atom stereocenters. The molecule has 42 atom stereocenters. The lowest BCUT2D eigenvalue weighted by Gasteiger charge is -2.51. The van der Waals surface area contributed by atoms with E-state index in [4.69, 9.17) is 80.5 Å². The first-order chi connectivity index (χ1) is 49.2. The second kappa shape index (κ2) is 36.8. The van der Waals surface area contributed by atoms with Gasteiger partial charge in [0.2, 0.25) is 0 Å². The summed E-state index contributed by atoms with van der Waals surface area (Å²) in [5.74, 6) is 0. The molecule has 0 radical (unpaired) electrons. The van der Waals surface area contributed by atoms with Gasteiger partial charge in [0.25, 0.3) is 0 Å². The van der Waals surface area contributed by atoms with E-state index in [1.165, 1.54) is 0 Å². The molecule has 43 nitrogen and oxygen atoms in total. The molecule has 0 aromatic carbocycles. The molecule has 26 N–H and O–H groups in total. The van der Waals surface area contributed by atoms with E-state index in [-0.39, 0.29) is 25.7 Å². The van der Waals surface area contributed by atoms with Crippen LogP contribution in [0.5, 0.6) is 0 Å². The molecule has 0 aromatic rings. The molecule has 9 aliphatic heterocycles. The standard InChI is InChI=1S/C61H106O43/c1-5-60(6-2,51-39(80)33(74)30(71)21(9-62)94-51)103-49-28(69)19(66)13-89-58(49)92-16-25-47(101-55-43(84)35(76)32(73)24(97-55)15-91-54-42(83)27(68)18(65)12-88-54)38(79)45(86)57(99-25)102-48-26(98-56(44(85)37(48)78)100-46-23(11-64)96-53(87)41(82)36(46)77)17-93-59-50(29(70)20(67)14-90-59)104-61(7-3,8-4)52-40(81)34(75)31(72)22(10-63)95-52/h18-59,62-87H,5-17H2,1-4H3/t18-,19-,20-,21?,22?,23?,24?,25?,26?,27?,28?,29?,30+,31+,32-,33?,34?,35?,36?,37?,38?,39?,40?,41?,42?,43?,44?,45?,46-,47-,48-,49?,50+,51-,52-,53-,54-,55+,56+,57+,58?,59?/m1/s1. The molecule has 9 aliphatic rings. The Balaban J connectivity index is 1.04. The average Bonchev–Trinajstić information content (AvgIpc) is 0.759. The van der Waals surface area contributed by atoms with Crippen LogP contribution < -0.4 is 0 Å². The summed E-state index contributed by atoms with van der Waals surface area (Å²) in [5, 5.41) is 287. The van der Waals surface area contributed by atoms with Gasteiger partial charge in [0, 0.05) is 0 Å². The van der Waals surface area contributed by atoms with Gasteiger partial charge in [0.15, 0.2) is 44.0 Å². The first kappa shape index (κ1) is 86.3. The summed E-state index contributed by atoms with van der Waals surface area (Å²) in [6, 6.07) is 0. The van der Waals surface area contributed by atoms with Gasteiger partial charge in [-0.3, -0.25) is 0 Å². The van der Waals surface area contributed by atoms with Crippen LogP contribution in [-0.2, 0) is 80.5 Å². The fourth-order valence-electron chi connectivity index (χ4n) is 14.5. The van der Waals surface area contributed by atoms with Crippen LogP contribution in [0, 0.1) is 0 Å². The normalized spacial score (nSPS) is 50.2. The summed E-state index contributed by atoms with van der Waals surface area (Å²) in [6.07, 6.45) is -82.3. The molecular weight excluding hydrogens is 1420 g/mol. The largest absolute Gasteiger partial charge is 0.394 e. The number of aliphatic hydroxyl groups is 26. The fourth-order valence-corrected chi connectivity index (χ4v) is 14.5. The summed E-state index contributed by atoms with van der Waals surface area (Å²) in [6.45, 7) is -1.25. The third-order valence-corrected chi connectivity index (χ3v) is 21.2. The van der Waals surface area contributed by atoms with E-state index < -0.39 is 328 Å². The van der Waals surface area contributed by atoms with E-state index in [0.29, 0.717) is 0 Å². The number of aliphatic hydroxyl groups excluding tert-OH is 26. The fraction of sp³-hybridized carbons (Fsp3) is 1.00. The molecule has 9 saturated heterocycles. The predicted octanol–water partition coefficient (Wildman–Crippen LogP) is -15.5. The van der Waals surface area contributed by atoms with Crippen molar-refractivity contribution in [3.8, 4) is 0 Å². The van der Waals surface area contributed by atoms with Gasteiger partial charge >= 0.3 is 0 Å². The molecule has 608 valence electrons. The lowest BCUT2D eigenvalue weighted by Crippen LogP contribution is -2.68. The Morgan fingerprint density at radius 2 is 0.577 bits per heavy atom. The monoisotopic (exact) mass is 1530 g/mol. The maximum Gasteiger partial charge on any atom is 0.187 e. The summed E-state index contributed by atoms with van der Waals surface area (Å²) >= 11 is 0. The number of rotatable bonds is 28. The third-order valence-electron chi connectivity index (χ3n) is 21.2. The molecule has 0 amide bonds. The highest BCUT2D eigenvalue weighted by atomic mass is 16.8. The summed E-state index contributed by atoms with van der Waals surface area (Å²) in [4.78, 5) is 0. The van der Waals surface area contributed by atoms with E-state index in [1.54, 1.807) is 27.7 Å². The maximum absolute atomic E-state index is 12.4. The van der Waals surface area contributed by atoms with Crippen LogP contribution >= 0.6 is 0 Å². The minimum absolute atomic E-state index is 0.110. The minimum atomic E-state index is -2.46. The Kier molecular flexibility index (Phi) is 30.6. The van der Waals surface area contributed by atoms with Crippen molar-refractivity contribution in [2.45, 2.75) is 322 Å². The minimum Gasteiger partial charge on any atom is -0.394 e. The van der Waals surface area contributed by atoms with Crippen molar-refractivity contribution < 1.29 is 213 Å². The SMILES string of the molecule is CCC(CC)(OC1C(OCC2O[C@@H](O[C@@H]3C(COC4OC[C@@H](O)C(O)[C@@H]4OC(CC)(CC)[C@@H]4OC(CO)[C@H](O)C(O)C4O)O[C@@H](O[C@@H]4C(CO)O[C@@H](O)C(O)C4O)C(O)C3O)C(O)C(O)[C@@H]2O[C@@H]2OC(CO[C@H]3OC[C@@H](O)C(O)C3O)[C@@H](O)C(O)C2O)OC[C@@H](O)C1O)[C@@H]1OC(CO)[C@H](O)C(O)C1O. The maximum atomic E-state index is 12.4. The Labute approximate surface area is 593 Å². The molecule has 0 saturated carbocycles. The van der Waals surface area contributed by atoms with Crippen LogP contribution in [0.4, 0.5) is 0 Å². The van der Waals surface area contributed by atoms with E-state index in [0.717, 1.165) is 0 Å². The van der Waals surface area contributed by atoms with Gasteiger partial charge in [-0.05, 0) is 25.7 Å². The average molecular weight is 1530 g/mol. The smallest absolute Gasteiger partial charge is 0.187 e. The Morgan fingerprint density at radius 3 is 0.971 bits per heavy atom. The second-order valence-electron chi connectivity index (χ2n) is 27.6. The topological polar surface area (TPSA) is 683 Å². The van der Waals surface area contributed by atoms with Crippen LogP contribution in [0.3, 0.4) is 0 Å². The highest BCUT2D eigenvalue weighted by Crippen LogP contribution is 2.43. The predicted molar refractivity (Wildman–Crippen MR) is 326 cm³/mol. The van der Waals surface area contributed by atoms with Crippen LogP contribution in [0.25, 0.3) is 0 Å². The van der Waals surface area contributed by atoms with Gasteiger partial charge in [0.1, 0.15) is 214 Å². The molecule has 0 spiro atoms. The van der Waals surface area contributed by atoms with Crippen molar-refractivity contribution in [1.82, 2.24) is 0 Å². The molecule has 0 aromatic heterocycles. The summed E-state index contributed by atoms with van der Waals surface area (Å²) < 4.78 is 102. The van der Waals surface area contributed by atoms with Crippen molar-refractivity contribution in [2.24, 2.45) is 0 Å². The number of hydrogen-bond donors (Lipinski definition) is 26. The van der Waals surface area contributed by atoms with Gasteiger partial charge in [-0.25, -0.2) is 0 Å². The van der Waals surface area contributed by atoms with E-state index >= 15 is 0 Å². The lowest BCUT2D eigenvalue weighted by atomic mass is 9.81. The van der Waals surface area contributed by atoms with Crippen molar-refractivity contribution in [3.63, 3.8) is 0 Å². The first-order valence-corrected chi connectivity index (χ1v) is 34.7. The zero-order valence-corrected chi connectivity index (χ0v) is 57.0. The van der Waals surface area contributed by atoms with Crippen LogP contribution in [-0.4, -0.2) is 461 Å². The van der Waals surface area contributed by atoms with Gasteiger partial charge in [0.05, 0.1) is 70.7 Å². The highest BCUT2D eigenvalue weighted by Gasteiger charge is 2.61. The summed E-state index contributed by atoms with van der Waals surface area (Å²) in [5.41, 5.74) is -3.59. The molecule has 43 heteroatoms. The van der Waals surface area contributed by atoms with E-state index in [1.807, 2.05) is 0 Å². The van der Waals surface area contributed by atoms with Crippen molar-refractivity contribution in [1.29, 1.82) is 0 Å². The quantitative estimate of drug-likeness (QED) is 0.0346. The van der Waals surface area contributed by atoms with Gasteiger partial charge in [-0.15, -0.1) is 0 Å². The van der Waals surface area contributed by atoms with Crippen LogP contribution in [0.1, 0.15) is 53.4 Å². The Bertz CT molecular complexity index is 2570. The molecule has 0 bridgehead atoms. The van der Waals surface area contributed by atoms with Crippen LogP contribution in [0.15, 0.2) is 0 Å². The second-order valence-corrected chi connectivity index (χ2v) is 27.6. The van der Waals surface area contributed by atoms with Gasteiger partial charge in [-0.1, -0.05) is 27.7 Å². The molecule has 0 aliphatic carbocycles. The molecule has 9 heterocycles. The highest BCUT2D eigenvalue weighted by molar-refractivity contribution is 5.06. The van der Waals surface area contributed by atoms with Crippen molar-refractivity contribution in [3.05, 3.63) is 0 Å². The molecular formula is C61H106O43. The zero-order chi connectivity index (χ0) is 76.5. The Hall–Kier alpha value is -1.72. The van der Waals surface area contributed by atoms with E-state index in [9.17, 15) is 133 Å². The van der Waals surface area contributed by atoms with E-state index in [2.05, 4.69) is 0 Å².